The van der Waals surface area contributed by atoms with E-state index < -0.39 is 0 Å². The summed E-state index contributed by atoms with van der Waals surface area (Å²) in [4.78, 5) is 6.20. The molecule has 3 aromatic heterocycles. The molecule has 0 saturated heterocycles. The normalized spacial score (nSPS) is 11.8. The lowest BCUT2D eigenvalue weighted by molar-refractivity contribution is 0.627. The third-order valence-electron chi connectivity index (χ3n) is 12.3. The summed E-state index contributed by atoms with van der Waals surface area (Å²) in [5.74, 6) is -0.958. The Morgan fingerprint density at radius 2 is 0.554 bits per heavy atom. The highest BCUT2D eigenvalue weighted by Crippen LogP contribution is 2.44. The molecule has 0 aliphatic heterocycles. The maximum absolute atomic E-state index is 14.5. The second-order valence-corrected chi connectivity index (χ2v) is 16.4. The zero-order valence-corrected chi connectivity index (χ0v) is 35.0. The van der Waals surface area contributed by atoms with Crippen LogP contribution in [0.15, 0.2) is 195 Å². The Morgan fingerprint density at radius 3 is 0.908 bits per heavy atom. The van der Waals surface area contributed by atoms with Gasteiger partial charge in [0.25, 0.3) is 0 Å². The fourth-order valence-corrected chi connectivity index (χ4v) is 9.04. The molecule has 12 rings (SSSR count). The van der Waals surface area contributed by atoms with Gasteiger partial charge in [-0.25, -0.2) is 13.2 Å². The van der Waals surface area contributed by atoms with Gasteiger partial charge in [-0.15, -0.1) is 0 Å². The first-order chi connectivity index (χ1) is 31.7. The Bertz CT molecular complexity index is 3800. The van der Waals surface area contributed by atoms with Gasteiger partial charge in [-0.3, -0.25) is 0 Å². The highest BCUT2D eigenvalue weighted by Gasteiger charge is 2.21. The second kappa shape index (κ2) is 14.8. The van der Waals surface area contributed by atoms with Gasteiger partial charge in [0.2, 0.25) is 0 Å². The molecular weight excluding hydrogens is 820 g/mol. The van der Waals surface area contributed by atoms with E-state index in [0.717, 1.165) is 100 Å². The van der Waals surface area contributed by atoms with E-state index in [1.807, 2.05) is 84.7 Å². The van der Waals surface area contributed by atoms with Crippen LogP contribution < -0.4 is 14.7 Å². The molecule has 314 valence electrons. The minimum atomic E-state index is -0.340. The molecule has 0 amide bonds. The number of rotatable bonds is 8. The number of fused-ring (bicyclic) bond motifs is 9. The molecular formula is C56H36F3N3O3. The second-order valence-electron chi connectivity index (χ2n) is 16.4. The minimum absolute atomic E-state index is 0.293. The number of benzene rings is 9. The van der Waals surface area contributed by atoms with Crippen molar-refractivity contribution in [1.29, 1.82) is 0 Å². The van der Waals surface area contributed by atoms with E-state index in [1.165, 1.54) is 36.4 Å². The lowest BCUT2D eigenvalue weighted by Crippen LogP contribution is -2.10. The predicted molar refractivity (Wildman–Crippen MR) is 257 cm³/mol. The molecule has 0 aliphatic carbocycles. The van der Waals surface area contributed by atoms with Gasteiger partial charge in [0, 0.05) is 84.9 Å². The van der Waals surface area contributed by atoms with E-state index in [0.29, 0.717) is 16.7 Å². The van der Waals surface area contributed by atoms with Crippen molar-refractivity contribution in [2.75, 3.05) is 21.7 Å². The zero-order chi connectivity index (χ0) is 43.9. The van der Waals surface area contributed by atoms with Gasteiger partial charge in [-0.1, -0.05) is 11.6 Å². The molecule has 0 saturated carbocycles. The largest absolute Gasteiger partial charge is 0.456 e. The maximum atomic E-state index is 14.5. The molecule has 0 N–H and O–H groups in total. The number of anilines is 8. The topological polar surface area (TPSA) is 49.1 Å². The summed E-state index contributed by atoms with van der Waals surface area (Å²) >= 11 is 0. The van der Waals surface area contributed by atoms with E-state index in [2.05, 4.69) is 53.1 Å². The monoisotopic (exact) mass is 855 g/mol. The summed E-state index contributed by atoms with van der Waals surface area (Å²) in [5, 5.41) is 5.57. The van der Waals surface area contributed by atoms with Crippen LogP contribution in [-0.4, -0.2) is 7.05 Å². The SMILES string of the molecule is Cc1ccc2oc3ccc(N(c4ccc(F)cc4)c4ccc5oc6ccc(N(c7ccc(F)cc7)c7ccc8oc9ccc(N(C)c%10ccc(F)cc%10)cc9c8c7)cc6c5c4)cc3c2c1. The van der Waals surface area contributed by atoms with Gasteiger partial charge < -0.3 is 28.0 Å². The number of furan rings is 3. The van der Waals surface area contributed by atoms with E-state index >= 15 is 0 Å². The first kappa shape index (κ1) is 38.3. The number of aryl methyl sites for hydroxylation is 1. The summed E-state index contributed by atoms with van der Waals surface area (Å²) in [6.07, 6.45) is 0. The van der Waals surface area contributed by atoms with Crippen molar-refractivity contribution in [3.63, 3.8) is 0 Å². The molecule has 65 heavy (non-hydrogen) atoms. The molecule has 3 heterocycles. The third kappa shape index (κ3) is 6.59. The summed E-state index contributed by atoms with van der Waals surface area (Å²) in [6.45, 7) is 2.06. The van der Waals surface area contributed by atoms with Crippen molar-refractivity contribution in [2.24, 2.45) is 0 Å². The fraction of sp³-hybridized carbons (Fsp3) is 0.0357. The van der Waals surface area contributed by atoms with Crippen molar-refractivity contribution in [2.45, 2.75) is 6.92 Å². The molecule has 9 heteroatoms. The number of hydrogen-bond acceptors (Lipinski definition) is 6. The Kier molecular flexibility index (Phi) is 8.74. The third-order valence-corrected chi connectivity index (χ3v) is 12.3. The molecule has 9 aromatic carbocycles. The fourth-order valence-electron chi connectivity index (χ4n) is 9.04. The van der Waals surface area contributed by atoms with Gasteiger partial charge in [-0.2, -0.15) is 0 Å². The van der Waals surface area contributed by atoms with Crippen LogP contribution >= 0.6 is 0 Å². The lowest BCUT2D eigenvalue weighted by Gasteiger charge is -2.26. The van der Waals surface area contributed by atoms with Crippen molar-refractivity contribution < 1.29 is 26.4 Å². The van der Waals surface area contributed by atoms with Gasteiger partial charge in [-0.05, 0) is 183 Å². The molecule has 6 nitrogen and oxygen atoms in total. The molecule has 0 fully saturated rings. The Labute approximate surface area is 370 Å². The van der Waals surface area contributed by atoms with Crippen LogP contribution in [0.3, 0.4) is 0 Å². The van der Waals surface area contributed by atoms with Gasteiger partial charge in [0.05, 0.1) is 0 Å². The van der Waals surface area contributed by atoms with E-state index in [1.54, 1.807) is 36.4 Å². The average Bonchev–Trinajstić information content (AvgIpc) is 4.00. The van der Waals surface area contributed by atoms with Crippen LogP contribution in [0.1, 0.15) is 5.56 Å². The van der Waals surface area contributed by atoms with E-state index in [9.17, 15) is 13.2 Å². The van der Waals surface area contributed by atoms with Crippen LogP contribution in [0.2, 0.25) is 0 Å². The maximum Gasteiger partial charge on any atom is 0.135 e. The Morgan fingerprint density at radius 1 is 0.292 bits per heavy atom. The van der Waals surface area contributed by atoms with Crippen molar-refractivity contribution in [1.82, 2.24) is 0 Å². The predicted octanol–water partition coefficient (Wildman–Crippen LogP) is 16.8. The van der Waals surface area contributed by atoms with Gasteiger partial charge in [0.15, 0.2) is 0 Å². The standard InChI is InChI=1S/C56H36F3N3O3/c1-33-3-21-51-45(27-33)47-29-41(17-23-53(47)63-51)61(38-12-6-35(58)7-13-38)43-19-25-55-49(31-43)50-32-44(20-26-56(50)65-55)62(39-14-8-36(59)9-15-39)42-18-24-54-48(30-42)46-28-40(16-22-52(46)64-54)60(2)37-10-4-34(57)5-11-37/h3-32H,1-2H3. The Balaban J connectivity index is 0.994. The summed E-state index contributed by atoms with van der Waals surface area (Å²) in [7, 11) is 1.94. The van der Waals surface area contributed by atoms with Crippen LogP contribution in [0.25, 0.3) is 65.8 Å². The smallest absolute Gasteiger partial charge is 0.135 e. The highest BCUT2D eigenvalue weighted by molar-refractivity contribution is 6.11. The highest BCUT2D eigenvalue weighted by atomic mass is 19.1. The van der Waals surface area contributed by atoms with Crippen LogP contribution in [-0.2, 0) is 0 Å². The Hall–Kier alpha value is -8.43. The number of halogens is 3. The molecule has 0 spiro atoms. The average molecular weight is 856 g/mol. The summed E-state index contributed by atoms with van der Waals surface area (Å²) < 4.78 is 61.7. The molecule has 0 atom stereocenters. The van der Waals surface area contributed by atoms with Crippen molar-refractivity contribution in [3.05, 3.63) is 205 Å². The van der Waals surface area contributed by atoms with Crippen LogP contribution in [0.5, 0.6) is 0 Å². The molecule has 12 aromatic rings. The molecule has 0 aliphatic rings. The number of nitrogens with zero attached hydrogens (tertiary/aromatic N) is 3. The van der Waals surface area contributed by atoms with Crippen LogP contribution in [0.4, 0.5) is 58.7 Å². The summed E-state index contributed by atoms with van der Waals surface area (Å²) in [6, 6.07) is 55.8. The lowest BCUT2D eigenvalue weighted by atomic mass is 10.1. The molecule has 0 radical (unpaired) electrons. The van der Waals surface area contributed by atoms with E-state index in [4.69, 9.17) is 13.3 Å². The van der Waals surface area contributed by atoms with Gasteiger partial charge >= 0.3 is 0 Å². The van der Waals surface area contributed by atoms with Crippen LogP contribution in [0, 0.1) is 24.4 Å². The minimum Gasteiger partial charge on any atom is -0.456 e. The van der Waals surface area contributed by atoms with Gasteiger partial charge in [0.1, 0.15) is 50.9 Å². The van der Waals surface area contributed by atoms with E-state index in [-0.39, 0.29) is 17.5 Å². The first-order valence-corrected chi connectivity index (χ1v) is 21.2. The quantitative estimate of drug-likeness (QED) is 0.152. The first-order valence-electron chi connectivity index (χ1n) is 21.2. The van der Waals surface area contributed by atoms with Crippen molar-refractivity contribution >= 4 is 111 Å². The molecule has 0 unspecified atom stereocenters. The number of hydrogen-bond donors (Lipinski definition) is 0. The van der Waals surface area contributed by atoms with Crippen molar-refractivity contribution in [3.8, 4) is 0 Å². The molecule has 0 bridgehead atoms. The zero-order valence-electron chi connectivity index (χ0n) is 35.0. The summed E-state index contributed by atoms with van der Waals surface area (Å²) in [5.41, 5.74) is 12.2.